The van der Waals surface area contributed by atoms with E-state index in [1.165, 1.54) is 6.42 Å². The van der Waals surface area contributed by atoms with Crippen molar-refractivity contribution in [2.75, 3.05) is 11.4 Å². The molecular formula is C26H32N6O2. The molecule has 2 N–H and O–H groups in total. The van der Waals surface area contributed by atoms with Gasteiger partial charge in [-0.25, -0.2) is 4.98 Å². The van der Waals surface area contributed by atoms with Crippen molar-refractivity contribution in [1.82, 2.24) is 25.2 Å². The van der Waals surface area contributed by atoms with E-state index in [1.807, 2.05) is 48.0 Å². The first kappa shape index (κ1) is 22.5. The predicted octanol–water partition coefficient (Wildman–Crippen LogP) is 3.24. The molecule has 5 rings (SSSR count). The highest BCUT2D eigenvalue weighted by Crippen LogP contribution is 2.31. The van der Waals surface area contributed by atoms with Crippen LogP contribution in [0.2, 0.25) is 0 Å². The topological polar surface area (TPSA) is 92.2 Å². The van der Waals surface area contributed by atoms with Gasteiger partial charge in [-0.15, -0.1) is 0 Å². The monoisotopic (exact) mass is 460 g/mol. The summed E-state index contributed by atoms with van der Waals surface area (Å²) in [6, 6.07) is 10.4. The van der Waals surface area contributed by atoms with Gasteiger partial charge in [0.15, 0.2) is 0 Å². The molecule has 3 aromatic rings. The van der Waals surface area contributed by atoms with Crippen LogP contribution in [0.5, 0.6) is 0 Å². The lowest BCUT2D eigenvalue weighted by Gasteiger charge is -2.33. The number of nitrogens with one attached hydrogen (secondary N) is 2. The zero-order chi connectivity index (χ0) is 23.5. The van der Waals surface area contributed by atoms with Gasteiger partial charge < -0.3 is 15.2 Å². The number of carbonyl (C=O) groups is 2. The average molecular weight is 461 g/mol. The fourth-order valence-corrected chi connectivity index (χ4v) is 5.24. The second-order valence-corrected chi connectivity index (χ2v) is 9.35. The lowest BCUT2D eigenvalue weighted by atomic mass is 9.94. The van der Waals surface area contributed by atoms with Gasteiger partial charge in [0.25, 0.3) is 0 Å². The molecule has 178 valence electrons. The zero-order valence-electron chi connectivity index (χ0n) is 19.6. The quantitative estimate of drug-likeness (QED) is 0.589. The fraction of sp³-hybridized carbons (Fsp3) is 0.462. The largest absolute Gasteiger partial charge is 0.351 e. The Morgan fingerprint density at radius 3 is 2.62 bits per heavy atom. The van der Waals surface area contributed by atoms with E-state index in [-0.39, 0.29) is 23.9 Å². The molecule has 2 aliphatic rings. The number of carbonyl (C=O) groups excluding carboxylic acids is 2. The molecule has 0 spiro atoms. The van der Waals surface area contributed by atoms with Crippen molar-refractivity contribution in [1.29, 1.82) is 0 Å². The van der Waals surface area contributed by atoms with E-state index in [0.29, 0.717) is 11.5 Å². The molecular weight excluding hydrogens is 428 g/mol. The van der Waals surface area contributed by atoms with Gasteiger partial charge in [0.05, 0.1) is 17.1 Å². The summed E-state index contributed by atoms with van der Waals surface area (Å²) in [6.45, 7) is 0.790. The van der Waals surface area contributed by atoms with Gasteiger partial charge in [-0.2, -0.15) is 0 Å². The standard InChI is InChI=1S/C26H32N6O2/c1-31-22-14-6-5-12-20(22)30-26(31)32(25(34)21-13-8-16-28-21)23(18-9-7-15-27-17-18)24(33)29-19-10-3-2-4-11-19/h5-7,9,12,14-15,17,19,21,23,28H,2-4,8,10-11,13,16H2,1H3,(H,29,33). The Kier molecular flexibility index (Phi) is 6.58. The number of aromatic nitrogens is 3. The fourth-order valence-electron chi connectivity index (χ4n) is 5.24. The van der Waals surface area contributed by atoms with Crippen molar-refractivity contribution in [3.05, 3.63) is 54.4 Å². The van der Waals surface area contributed by atoms with E-state index in [2.05, 4.69) is 15.6 Å². The molecule has 3 heterocycles. The van der Waals surface area contributed by atoms with Gasteiger partial charge in [0.1, 0.15) is 6.04 Å². The van der Waals surface area contributed by atoms with Gasteiger partial charge in [-0.3, -0.25) is 19.5 Å². The molecule has 1 aliphatic heterocycles. The lowest BCUT2D eigenvalue weighted by molar-refractivity contribution is -0.128. The maximum Gasteiger partial charge on any atom is 0.248 e. The third-order valence-corrected chi connectivity index (χ3v) is 7.03. The second-order valence-electron chi connectivity index (χ2n) is 9.35. The Bertz CT molecular complexity index is 1150. The minimum atomic E-state index is -0.860. The number of nitrogens with zero attached hydrogens (tertiary/aromatic N) is 4. The van der Waals surface area contributed by atoms with Gasteiger partial charge in [-0.1, -0.05) is 37.5 Å². The molecule has 0 bridgehead atoms. The van der Waals surface area contributed by atoms with E-state index in [9.17, 15) is 9.59 Å². The van der Waals surface area contributed by atoms with Crippen LogP contribution in [-0.2, 0) is 16.6 Å². The maximum atomic E-state index is 14.0. The molecule has 2 fully saturated rings. The maximum absolute atomic E-state index is 14.0. The molecule has 8 heteroatoms. The number of aryl methyl sites for hydroxylation is 1. The van der Waals surface area contributed by atoms with Crippen molar-refractivity contribution in [2.45, 2.75) is 63.1 Å². The third-order valence-electron chi connectivity index (χ3n) is 7.03. The molecule has 2 unspecified atom stereocenters. The molecule has 2 atom stereocenters. The molecule has 1 aromatic carbocycles. The van der Waals surface area contributed by atoms with Gasteiger partial charge in [0.2, 0.25) is 17.8 Å². The summed E-state index contributed by atoms with van der Waals surface area (Å²) in [5.41, 5.74) is 2.37. The van der Waals surface area contributed by atoms with Crippen LogP contribution in [0.1, 0.15) is 56.6 Å². The Hall–Kier alpha value is -3.26. The molecule has 2 aromatic heterocycles. The minimum Gasteiger partial charge on any atom is -0.351 e. The van der Waals surface area contributed by atoms with E-state index < -0.39 is 6.04 Å². The highest BCUT2D eigenvalue weighted by atomic mass is 16.2. The highest BCUT2D eigenvalue weighted by Gasteiger charge is 2.40. The summed E-state index contributed by atoms with van der Waals surface area (Å²) in [4.78, 5) is 38.6. The van der Waals surface area contributed by atoms with Crippen LogP contribution in [0, 0.1) is 0 Å². The van der Waals surface area contributed by atoms with Crippen molar-refractivity contribution in [3.63, 3.8) is 0 Å². The van der Waals surface area contributed by atoms with Gasteiger partial charge >= 0.3 is 0 Å². The van der Waals surface area contributed by atoms with Gasteiger partial charge in [-0.05, 0) is 50.4 Å². The Balaban J connectivity index is 1.60. The Labute approximate surface area is 199 Å². The average Bonchev–Trinajstić information content (AvgIpc) is 3.52. The summed E-state index contributed by atoms with van der Waals surface area (Å²) < 4.78 is 1.90. The summed E-state index contributed by atoms with van der Waals surface area (Å²) in [7, 11) is 1.90. The first-order chi connectivity index (χ1) is 16.6. The van der Waals surface area contributed by atoms with Crippen LogP contribution in [-0.4, -0.2) is 45.0 Å². The molecule has 1 aliphatic carbocycles. The third kappa shape index (κ3) is 4.42. The molecule has 1 saturated carbocycles. The molecule has 2 amide bonds. The number of anilines is 1. The summed E-state index contributed by atoms with van der Waals surface area (Å²) in [5, 5.41) is 6.56. The van der Waals surface area contributed by atoms with E-state index in [0.717, 1.165) is 56.1 Å². The van der Waals surface area contributed by atoms with Crippen molar-refractivity contribution in [3.8, 4) is 0 Å². The minimum absolute atomic E-state index is 0.127. The number of amides is 2. The second kappa shape index (κ2) is 9.93. The highest BCUT2D eigenvalue weighted by molar-refractivity contribution is 6.03. The lowest BCUT2D eigenvalue weighted by Crippen LogP contribution is -2.52. The molecule has 34 heavy (non-hydrogen) atoms. The van der Waals surface area contributed by atoms with E-state index in [1.54, 1.807) is 17.3 Å². The number of para-hydroxylation sites is 2. The van der Waals surface area contributed by atoms with Crippen molar-refractivity contribution < 1.29 is 9.59 Å². The summed E-state index contributed by atoms with van der Waals surface area (Å²) in [6.07, 6.45) is 10.4. The summed E-state index contributed by atoms with van der Waals surface area (Å²) in [5.74, 6) is 0.148. The van der Waals surface area contributed by atoms with Crippen molar-refractivity contribution in [2.24, 2.45) is 7.05 Å². The normalized spacial score (nSPS) is 19.7. The number of hydrogen-bond acceptors (Lipinski definition) is 5. The van der Waals surface area contributed by atoms with Crippen LogP contribution < -0.4 is 15.5 Å². The predicted molar refractivity (Wildman–Crippen MR) is 131 cm³/mol. The number of rotatable bonds is 6. The Morgan fingerprint density at radius 2 is 1.91 bits per heavy atom. The zero-order valence-corrected chi connectivity index (χ0v) is 19.6. The molecule has 8 nitrogen and oxygen atoms in total. The number of fused-ring (bicyclic) bond motifs is 1. The van der Waals surface area contributed by atoms with Crippen LogP contribution >= 0.6 is 0 Å². The van der Waals surface area contributed by atoms with Crippen LogP contribution in [0.25, 0.3) is 11.0 Å². The van der Waals surface area contributed by atoms with Crippen LogP contribution in [0.4, 0.5) is 5.95 Å². The number of benzene rings is 1. The smallest absolute Gasteiger partial charge is 0.248 e. The first-order valence-corrected chi connectivity index (χ1v) is 12.3. The number of hydrogen-bond donors (Lipinski definition) is 2. The summed E-state index contributed by atoms with van der Waals surface area (Å²) >= 11 is 0. The number of pyridine rings is 1. The molecule has 0 radical (unpaired) electrons. The number of imidazole rings is 1. The van der Waals surface area contributed by atoms with Gasteiger partial charge in [0, 0.05) is 31.0 Å². The van der Waals surface area contributed by atoms with Crippen LogP contribution in [0.3, 0.4) is 0 Å². The molecule has 1 saturated heterocycles. The van der Waals surface area contributed by atoms with E-state index in [4.69, 9.17) is 4.98 Å². The van der Waals surface area contributed by atoms with E-state index >= 15 is 0 Å². The van der Waals surface area contributed by atoms with Crippen LogP contribution in [0.15, 0.2) is 48.8 Å². The van der Waals surface area contributed by atoms with Crippen molar-refractivity contribution >= 4 is 28.8 Å². The first-order valence-electron chi connectivity index (χ1n) is 12.3. The Morgan fingerprint density at radius 1 is 1.09 bits per heavy atom. The SMILES string of the molecule is Cn1c(N(C(=O)C2CCCN2)C(C(=O)NC2CCCCC2)c2cccnc2)nc2ccccc21.